The lowest BCUT2D eigenvalue weighted by Crippen LogP contribution is -2.07. The van der Waals surface area contributed by atoms with Gasteiger partial charge in [-0.05, 0) is 49.4 Å². The molecule has 0 spiro atoms. The lowest BCUT2D eigenvalue weighted by Gasteiger charge is -2.05. The summed E-state index contributed by atoms with van der Waals surface area (Å²) in [4.78, 5) is 11.2. The summed E-state index contributed by atoms with van der Waals surface area (Å²) in [5.74, 6) is 0.198. The van der Waals surface area contributed by atoms with Crippen molar-refractivity contribution in [2.75, 3.05) is 6.61 Å². The topological polar surface area (TPSA) is 72.8 Å². The third-order valence-electron chi connectivity index (χ3n) is 2.57. The number of sulfonamides is 1. The number of carbonyl (C=O) groups is 1. The van der Waals surface area contributed by atoms with Crippen molar-refractivity contribution in [3.8, 4) is 5.75 Å². The van der Waals surface area contributed by atoms with Gasteiger partial charge in [0.25, 0.3) is 10.0 Å². The molecule has 1 aliphatic carbocycles. The van der Waals surface area contributed by atoms with Crippen LogP contribution in [-0.4, -0.2) is 26.5 Å². The van der Waals surface area contributed by atoms with E-state index in [-0.39, 0.29) is 21.4 Å². The van der Waals surface area contributed by atoms with Crippen LogP contribution < -0.4 is 4.74 Å². The predicted octanol–water partition coefficient (Wildman–Crippen LogP) is 2.48. The number of hydrogen-bond donors (Lipinski definition) is 0. The van der Waals surface area contributed by atoms with Crippen LogP contribution in [0.2, 0.25) is 0 Å². The predicted molar refractivity (Wildman–Crippen MR) is 80.3 cm³/mol. The van der Waals surface area contributed by atoms with Gasteiger partial charge < -0.3 is 4.74 Å². The van der Waals surface area contributed by atoms with E-state index in [0.29, 0.717) is 12.4 Å². The number of rotatable bonds is 4. The van der Waals surface area contributed by atoms with E-state index in [0.717, 1.165) is 0 Å². The molecule has 0 amide bonds. The second kappa shape index (κ2) is 6.24. The fraction of sp³-hybridized carbons (Fsp3) is 0.143. The van der Waals surface area contributed by atoms with E-state index in [9.17, 15) is 13.2 Å². The standard InChI is InChI=1S/C14H12ClNO4S/c1-2-20-11-4-6-12(7-5-11)21(18,19)16-10-3-8-14(17)13(15)9-10/h3-9H,2H2,1H3/b16-10-. The summed E-state index contributed by atoms with van der Waals surface area (Å²) < 4.78 is 33.2. The molecule has 2 rings (SSSR count). The fourth-order valence-corrected chi connectivity index (χ4v) is 2.76. The van der Waals surface area contributed by atoms with Gasteiger partial charge in [0.1, 0.15) is 5.75 Å². The van der Waals surface area contributed by atoms with Gasteiger partial charge in [-0.15, -0.1) is 0 Å². The molecule has 0 atom stereocenters. The second-order valence-corrected chi connectivity index (χ2v) is 6.10. The van der Waals surface area contributed by atoms with Gasteiger partial charge in [-0.2, -0.15) is 12.8 Å². The molecule has 7 heteroatoms. The van der Waals surface area contributed by atoms with Crippen LogP contribution in [0.5, 0.6) is 5.75 Å². The Kier molecular flexibility index (Phi) is 4.59. The Morgan fingerprint density at radius 1 is 1.19 bits per heavy atom. The van der Waals surface area contributed by atoms with Crippen molar-refractivity contribution in [3.63, 3.8) is 0 Å². The van der Waals surface area contributed by atoms with E-state index in [1.165, 1.54) is 30.4 Å². The van der Waals surface area contributed by atoms with Gasteiger partial charge in [-0.1, -0.05) is 11.6 Å². The van der Waals surface area contributed by atoms with E-state index >= 15 is 0 Å². The summed E-state index contributed by atoms with van der Waals surface area (Å²) in [5, 5.41) is -0.0712. The molecule has 21 heavy (non-hydrogen) atoms. The second-order valence-electron chi connectivity index (χ2n) is 4.09. The summed E-state index contributed by atoms with van der Waals surface area (Å²) in [6, 6.07) is 5.93. The molecule has 0 heterocycles. The number of allylic oxidation sites excluding steroid dienone is 4. The van der Waals surface area contributed by atoms with E-state index in [4.69, 9.17) is 16.3 Å². The molecule has 0 aliphatic heterocycles. The molecule has 0 saturated heterocycles. The number of hydrogen-bond acceptors (Lipinski definition) is 4. The maximum Gasteiger partial charge on any atom is 0.282 e. The molecular formula is C14H12ClNO4S. The number of benzene rings is 1. The highest BCUT2D eigenvalue weighted by Gasteiger charge is 2.16. The Morgan fingerprint density at radius 2 is 1.86 bits per heavy atom. The van der Waals surface area contributed by atoms with Gasteiger partial charge in [-0.3, -0.25) is 4.79 Å². The summed E-state index contributed by atoms with van der Waals surface area (Å²) in [7, 11) is -3.87. The molecule has 0 N–H and O–H groups in total. The molecule has 0 fully saturated rings. The maximum absolute atomic E-state index is 12.1. The number of carbonyl (C=O) groups excluding carboxylic acids is 1. The third kappa shape index (κ3) is 3.80. The van der Waals surface area contributed by atoms with Gasteiger partial charge in [0, 0.05) is 0 Å². The van der Waals surface area contributed by atoms with E-state index < -0.39 is 10.0 Å². The third-order valence-corrected chi connectivity index (χ3v) is 4.19. The van der Waals surface area contributed by atoms with Gasteiger partial charge in [0.2, 0.25) is 0 Å². The molecule has 110 valence electrons. The first-order valence-corrected chi connectivity index (χ1v) is 7.91. The Labute approximate surface area is 127 Å². The van der Waals surface area contributed by atoms with Gasteiger partial charge in [-0.25, -0.2) is 0 Å². The van der Waals surface area contributed by atoms with Crippen molar-refractivity contribution in [1.82, 2.24) is 0 Å². The number of nitrogens with zero attached hydrogens (tertiary/aromatic N) is 1. The van der Waals surface area contributed by atoms with Gasteiger partial charge >= 0.3 is 0 Å². The molecule has 0 saturated carbocycles. The summed E-state index contributed by atoms with van der Waals surface area (Å²) in [5.41, 5.74) is 0.105. The lowest BCUT2D eigenvalue weighted by atomic mass is 10.2. The molecule has 5 nitrogen and oxygen atoms in total. The quantitative estimate of drug-likeness (QED) is 0.797. The number of ketones is 1. The average molecular weight is 326 g/mol. The molecule has 1 aliphatic rings. The van der Waals surface area contributed by atoms with Crippen LogP contribution >= 0.6 is 11.6 Å². The molecule has 1 aromatic carbocycles. The molecule has 0 unspecified atom stereocenters. The van der Waals surface area contributed by atoms with Crippen LogP contribution in [0.4, 0.5) is 0 Å². The van der Waals surface area contributed by atoms with Crippen molar-refractivity contribution >= 4 is 33.1 Å². The van der Waals surface area contributed by atoms with Crippen LogP contribution in [-0.2, 0) is 14.8 Å². The number of ether oxygens (including phenoxy) is 1. The molecule has 0 bridgehead atoms. The molecule has 0 radical (unpaired) electrons. The van der Waals surface area contributed by atoms with Crippen LogP contribution in [0.25, 0.3) is 0 Å². The summed E-state index contributed by atoms with van der Waals surface area (Å²) in [6.45, 7) is 2.33. The maximum atomic E-state index is 12.1. The van der Waals surface area contributed by atoms with E-state index in [1.54, 1.807) is 12.1 Å². The summed E-state index contributed by atoms with van der Waals surface area (Å²) >= 11 is 5.66. The largest absolute Gasteiger partial charge is 0.494 e. The van der Waals surface area contributed by atoms with Crippen LogP contribution in [0.1, 0.15) is 6.92 Å². The zero-order chi connectivity index (χ0) is 15.5. The smallest absolute Gasteiger partial charge is 0.282 e. The minimum absolute atomic E-state index is 0.0354. The normalized spacial score (nSPS) is 17.0. The van der Waals surface area contributed by atoms with Crippen molar-refractivity contribution < 1.29 is 17.9 Å². The minimum atomic E-state index is -3.87. The number of halogens is 1. The Hall–Kier alpha value is -1.92. The van der Waals surface area contributed by atoms with Crippen LogP contribution in [0, 0.1) is 0 Å². The Morgan fingerprint density at radius 3 is 2.43 bits per heavy atom. The molecular weight excluding hydrogens is 314 g/mol. The van der Waals surface area contributed by atoms with Crippen molar-refractivity contribution in [1.29, 1.82) is 0 Å². The molecule has 0 aromatic heterocycles. The van der Waals surface area contributed by atoms with Crippen molar-refractivity contribution in [2.45, 2.75) is 11.8 Å². The van der Waals surface area contributed by atoms with Crippen molar-refractivity contribution in [3.05, 3.63) is 47.5 Å². The summed E-state index contributed by atoms with van der Waals surface area (Å²) in [6.07, 6.45) is 3.70. The first-order valence-electron chi connectivity index (χ1n) is 6.10. The van der Waals surface area contributed by atoms with Crippen LogP contribution in [0.15, 0.2) is 56.8 Å². The first kappa shape index (κ1) is 15.5. The Bertz CT molecular complexity index is 746. The van der Waals surface area contributed by atoms with Gasteiger partial charge in [0.15, 0.2) is 5.78 Å². The van der Waals surface area contributed by atoms with Crippen molar-refractivity contribution in [2.24, 2.45) is 4.40 Å². The van der Waals surface area contributed by atoms with E-state index in [1.807, 2.05) is 6.92 Å². The van der Waals surface area contributed by atoms with Crippen LogP contribution in [0.3, 0.4) is 0 Å². The van der Waals surface area contributed by atoms with E-state index in [2.05, 4.69) is 4.40 Å². The average Bonchev–Trinajstić information content (AvgIpc) is 2.44. The highest BCUT2D eigenvalue weighted by atomic mass is 35.5. The van der Waals surface area contributed by atoms with Gasteiger partial charge in [0.05, 0.1) is 22.2 Å². The minimum Gasteiger partial charge on any atom is -0.494 e. The monoisotopic (exact) mass is 325 g/mol. The molecule has 1 aromatic rings. The fourth-order valence-electron chi connectivity index (χ4n) is 1.61. The first-order chi connectivity index (χ1) is 9.92. The highest BCUT2D eigenvalue weighted by molar-refractivity contribution is 7.90. The SMILES string of the molecule is CCOc1ccc(S(=O)(=O)/N=C2/C=CC(=O)C(Cl)=C2)cc1. The zero-order valence-corrected chi connectivity index (χ0v) is 12.7. The highest BCUT2D eigenvalue weighted by Crippen LogP contribution is 2.19. The lowest BCUT2D eigenvalue weighted by molar-refractivity contribution is -0.110. The Balaban J connectivity index is 2.30. The zero-order valence-electron chi connectivity index (χ0n) is 11.1.